The molecule has 40 heavy (non-hydrogen) atoms. The Hall–Kier alpha value is -3.38. The van der Waals surface area contributed by atoms with Gasteiger partial charge in [-0.15, -0.1) is 11.3 Å². The van der Waals surface area contributed by atoms with Crippen molar-refractivity contribution in [1.82, 2.24) is 15.1 Å². The van der Waals surface area contributed by atoms with E-state index in [2.05, 4.69) is 10.2 Å². The molecular formula is C29H33N3O7S. The minimum absolute atomic E-state index is 0.0150. The number of hydrogen-bond donors (Lipinski definition) is 1. The molecule has 0 saturated carbocycles. The van der Waals surface area contributed by atoms with Crippen molar-refractivity contribution in [3.8, 4) is 11.5 Å². The molecule has 0 bridgehead atoms. The van der Waals surface area contributed by atoms with Crippen LogP contribution in [0.4, 0.5) is 0 Å². The van der Waals surface area contributed by atoms with E-state index in [1.807, 2.05) is 41.8 Å². The van der Waals surface area contributed by atoms with Gasteiger partial charge in [0.25, 0.3) is 5.91 Å². The van der Waals surface area contributed by atoms with Gasteiger partial charge in [-0.3, -0.25) is 14.5 Å². The van der Waals surface area contributed by atoms with Crippen LogP contribution < -0.4 is 14.8 Å². The molecule has 2 unspecified atom stereocenters. The number of furan rings is 1. The van der Waals surface area contributed by atoms with Gasteiger partial charge in [-0.1, -0.05) is 12.1 Å². The van der Waals surface area contributed by atoms with Crippen LogP contribution in [0.1, 0.15) is 45.6 Å². The normalized spacial score (nSPS) is 19.4. The van der Waals surface area contributed by atoms with Crippen molar-refractivity contribution in [3.63, 3.8) is 0 Å². The molecule has 2 fully saturated rings. The van der Waals surface area contributed by atoms with E-state index in [9.17, 15) is 9.59 Å². The Morgan fingerprint density at radius 2 is 1.95 bits per heavy atom. The fraction of sp³-hybridized carbons (Fsp3) is 0.448. The Balaban J connectivity index is 1.28. The average Bonchev–Trinajstić information content (AvgIpc) is 3.80. The van der Waals surface area contributed by atoms with Crippen molar-refractivity contribution < 1.29 is 33.0 Å². The van der Waals surface area contributed by atoms with Crippen LogP contribution in [0.5, 0.6) is 11.5 Å². The summed E-state index contributed by atoms with van der Waals surface area (Å²) in [6, 6.07) is 12.0. The Kier molecular flexibility index (Phi) is 8.33. The van der Waals surface area contributed by atoms with E-state index in [0.717, 1.165) is 36.4 Å². The van der Waals surface area contributed by atoms with E-state index in [1.165, 1.54) is 11.3 Å². The molecule has 10 nitrogen and oxygen atoms in total. The van der Waals surface area contributed by atoms with E-state index >= 15 is 0 Å². The summed E-state index contributed by atoms with van der Waals surface area (Å²) in [5.41, 5.74) is 0.811. The molecule has 2 aromatic heterocycles. The van der Waals surface area contributed by atoms with Crippen molar-refractivity contribution in [2.24, 2.45) is 0 Å². The van der Waals surface area contributed by atoms with Gasteiger partial charge in [-0.05, 0) is 54.1 Å². The number of carbonyl (C=O) groups excluding carboxylic acids is 2. The number of thiophene rings is 1. The molecule has 2 atom stereocenters. The Bertz CT molecular complexity index is 1300. The van der Waals surface area contributed by atoms with Crippen LogP contribution in [0.25, 0.3) is 0 Å². The molecule has 1 N–H and O–H groups in total. The highest BCUT2D eigenvalue weighted by Gasteiger charge is 2.35. The van der Waals surface area contributed by atoms with E-state index in [-0.39, 0.29) is 37.0 Å². The van der Waals surface area contributed by atoms with Gasteiger partial charge in [0.2, 0.25) is 12.7 Å². The van der Waals surface area contributed by atoms with Crippen molar-refractivity contribution in [1.29, 1.82) is 0 Å². The maximum absolute atomic E-state index is 14.1. The van der Waals surface area contributed by atoms with Crippen molar-refractivity contribution in [2.75, 3.05) is 46.2 Å². The van der Waals surface area contributed by atoms with Gasteiger partial charge in [-0.25, -0.2) is 0 Å². The number of rotatable bonds is 10. The monoisotopic (exact) mass is 567 g/mol. The SMILES string of the molecule is O=C(NCC1CCCO1)C(c1cccs1)N(Cc1ccc2c(c1)OCO2)C(=O)c1ccc(CN2CCOCC2)o1. The van der Waals surface area contributed by atoms with Gasteiger partial charge >= 0.3 is 0 Å². The first-order chi connectivity index (χ1) is 19.6. The number of nitrogens with one attached hydrogen (secondary N) is 1. The van der Waals surface area contributed by atoms with Crippen LogP contribution in [0.3, 0.4) is 0 Å². The maximum Gasteiger partial charge on any atom is 0.290 e. The number of fused-ring (bicyclic) bond motifs is 1. The van der Waals surface area contributed by atoms with Gasteiger partial charge in [-0.2, -0.15) is 0 Å². The first-order valence-electron chi connectivity index (χ1n) is 13.6. The number of morpholine rings is 1. The van der Waals surface area contributed by atoms with E-state index in [4.69, 9.17) is 23.4 Å². The number of hydrogen-bond acceptors (Lipinski definition) is 9. The topological polar surface area (TPSA) is 103 Å². The van der Waals surface area contributed by atoms with Gasteiger partial charge in [0.1, 0.15) is 11.8 Å². The third kappa shape index (κ3) is 6.17. The average molecular weight is 568 g/mol. The Morgan fingerprint density at radius 3 is 2.75 bits per heavy atom. The lowest BCUT2D eigenvalue weighted by Crippen LogP contribution is -2.44. The molecule has 0 aliphatic carbocycles. The van der Waals surface area contributed by atoms with E-state index in [1.54, 1.807) is 11.0 Å². The predicted octanol–water partition coefficient (Wildman–Crippen LogP) is 3.58. The summed E-state index contributed by atoms with van der Waals surface area (Å²) < 4.78 is 28.2. The second-order valence-electron chi connectivity index (χ2n) is 10.1. The summed E-state index contributed by atoms with van der Waals surface area (Å²) in [5.74, 6) is 1.54. The Labute approximate surface area is 236 Å². The number of amides is 2. The zero-order valence-corrected chi connectivity index (χ0v) is 23.0. The molecule has 3 aliphatic rings. The van der Waals surface area contributed by atoms with Crippen LogP contribution in [-0.2, 0) is 27.4 Å². The molecule has 3 aliphatic heterocycles. The third-order valence-electron chi connectivity index (χ3n) is 7.31. The molecular weight excluding hydrogens is 534 g/mol. The summed E-state index contributed by atoms with van der Waals surface area (Å²) in [5, 5.41) is 4.95. The van der Waals surface area contributed by atoms with Crippen LogP contribution in [0.15, 0.2) is 52.3 Å². The molecule has 1 aromatic carbocycles. The summed E-state index contributed by atoms with van der Waals surface area (Å²) >= 11 is 1.44. The number of carbonyl (C=O) groups is 2. The molecule has 3 aromatic rings. The zero-order chi connectivity index (χ0) is 27.3. The lowest BCUT2D eigenvalue weighted by Gasteiger charge is -2.30. The lowest BCUT2D eigenvalue weighted by molar-refractivity contribution is -0.126. The summed E-state index contributed by atoms with van der Waals surface area (Å²) in [6.07, 6.45) is 1.87. The summed E-state index contributed by atoms with van der Waals surface area (Å²) in [6.45, 7) is 5.00. The van der Waals surface area contributed by atoms with Crippen LogP contribution in [-0.4, -0.2) is 74.0 Å². The number of nitrogens with zero attached hydrogens (tertiary/aromatic N) is 2. The molecule has 5 heterocycles. The fourth-order valence-corrected chi connectivity index (χ4v) is 6.04. The van der Waals surface area contributed by atoms with Crippen LogP contribution in [0, 0.1) is 0 Å². The van der Waals surface area contributed by atoms with Gasteiger partial charge in [0.05, 0.1) is 25.9 Å². The highest BCUT2D eigenvalue weighted by molar-refractivity contribution is 7.10. The second-order valence-corrected chi connectivity index (χ2v) is 11.1. The highest BCUT2D eigenvalue weighted by Crippen LogP contribution is 2.35. The minimum Gasteiger partial charge on any atom is -0.455 e. The predicted molar refractivity (Wildman–Crippen MR) is 146 cm³/mol. The fourth-order valence-electron chi connectivity index (χ4n) is 5.20. The van der Waals surface area contributed by atoms with Crippen molar-refractivity contribution >= 4 is 23.2 Å². The van der Waals surface area contributed by atoms with Crippen LogP contribution in [0.2, 0.25) is 0 Å². The molecule has 6 rings (SSSR count). The summed E-state index contributed by atoms with van der Waals surface area (Å²) in [7, 11) is 0. The van der Waals surface area contributed by atoms with Gasteiger partial charge < -0.3 is 33.6 Å². The molecule has 0 radical (unpaired) electrons. The first-order valence-corrected chi connectivity index (χ1v) is 14.5. The first kappa shape index (κ1) is 26.8. The summed E-state index contributed by atoms with van der Waals surface area (Å²) in [4.78, 5) is 32.5. The quantitative estimate of drug-likeness (QED) is 0.397. The third-order valence-corrected chi connectivity index (χ3v) is 8.23. The molecule has 212 valence electrons. The van der Waals surface area contributed by atoms with Gasteiger partial charge in [0, 0.05) is 37.7 Å². The highest BCUT2D eigenvalue weighted by atomic mass is 32.1. The largest absolute Gasteiger partial charge is 0.455 e. The molecule has 2 amide bonds. The van der Waals surface area contributed by atoms with Crippen molar-refractivity contribution in [3.05, 3.63) is 69.8 Å². The van der Waals surface area contributed by atoms with Crippen molar-refractivity contribution in [2.45, 2.75) is 38.1 Å². The zero-order valence-electron chi connectivity index (χ0n) is 22.2. The number of ether oxygens (including phenoxy) is 4. The smallest absolute Gasteiger partial charge is 0.290 e. The molecule has 2 saturated heterocycles. The second kappa shape index (κ2) is 12.4. The van der Waals surface area contributed by atoms with E-state index in [0.29, 0.717) is 50.2 Å². The molecule has 11 heteroatoms. The number of benzene rings is 1. The maximum atomic E-state index is 14.1. The van der Waals surface area contributed by atoms with E-state index < -0.39 is 6.04 Å². The van der Waals surface area contributed by atoms with Gasteiger partial charge in [0.15, 0.2) is 17.3 Å². The Morgan fingerprint density at radius 1 is 1.07 bits per heavy atom. The lowest BCUT2D eigenvalue weighted by atomic mass is 10.1. The molecule has 0 spiro atoms. The minimum atomic E-state index is -0.855. The van der Waals surface area contributed by atoms with Crippen LogP contribution >= 0.6 is 11.3 Å². The standard InChI is InChI=1S/C29H33N3O7S/c33-28(30-16-21-3-1-11-36-21)27(26-4-2-14-40-26)32(17-20-5-7-23-25(15-20)38-19-37-23)29(34)24-8-6-22(39-24)18-31-9-12-35-13-10-31/h2,4-8,14-15,21,27H,1,3,9-13,16-19H2,(H,30,33).